The van der Waals surface area contributed by atoms with Gasteiger partial charge in [-0.2, -0.15) is 0 Å². The molecule has 1 aliphatic rings. The zero-order chi connectivity index (χ0) is 11.3. The maximum Gasteiger partial charge on any atom is 0.314 e. The molecule has 0 aromatic heterocycles. The highest BCUT2D eigenvalue weighted by molar-refractivity contribution is 5.77. The molecule has 15 heavy (non-hydrogen) atoms. The second-order valence-electron chi connectivity index (χ2n) is 4.91. The largest absolute Gasteiger partial charge is 0.465 e. The Morgan fingerprint density at radius 1 is 1.33 bits per heavy atom. The van der Waals surface area contributed by atoms with E-state index >= 15 is 0 Å². The number of methoxy groups -OCH3 is 1. The van der Waals surface area contributed by atoms with Gasteiger partial charge in [0.1, 0.15) is 0 Å². The van der Waals surface area contributed by atoms with E-state index in [-0.39, 0.29) is 11.4 Å². The fourth-order valence-corrected chi connectivity index (χ4v) is 2.13. The normalized spacial score (nSPS) is 19.5. The first-order chi connectivity index (χ1) is 7.10. The number of rotatable bonds is 5. The van der Waals surface area contributed by atoms with Crippen LogP contribution in [-0.4, -0.2) is 26.3 Å². The highest BCUT2D eigenvalue weighted by atomic mass is 16.5. The van der Waals surface area contributed by atoms with Gasteiger partial charge in [-0.15, -0.1) is 0 Å². The van der Waals surface area contributed by atoms with Crippen LogP contribution in [0.25, 0.3) is 0 Å². The number of carbonyl (C=O) groups is 1. The first-order valence-electron chi connectivity index (χ1n) is 5.77. The summed E-state index contributed by atoms with van der Waals surface area (Å²) in [5.74, 6) is 0.338. The van der Waals surface area contributed by atoms with Crippen molar-refractivity contribution in [1.82, 2.24) is 0 Å². The number of ether oxygens (including phenoxy) is 2. The molecule has 0 atom stereocenters. The van der Waals surface area contributed by atoms with Crippen molar-refractivity contribution in [1.29, 1.82) is 0 Å². The molecular formula is C12H22O3. The van der Waals surface area contributed by atoms with E-state index in [1.165, 1.54) is 0 Å². The van der Waals surface area contributed by atoms with Gasteiger partial charge in [0.2, 0.25) is 0 Å². The van der Waals surface area contributed by atoms with Crippen LogP contribution in [0.2, 0.25) is 0 Å². The average molecular weight is 214 g/mol. The first-order valence-corrected chi connectivity index (χ1v) is 5.77. The Morgan fingerprint density at radius 2 is 1.93 bits per heavy atom. The average Bonchev–Trinajstić information content (AvgIpc) is 2.64. The fraction of sp³-hybridized carbons (Fsp3) is 0.917. The first kappa shape index (κ1) is 12.5. The molecule has 0 spiro atoms. The van der Waals surface area contributed by atoms with E-state index in [4.69, 9.17) is 9.47 Å². The molecule has 0 heterocycles. The number of hydrogen-bond donors (Lipinski definition) is 0. The fourth-order valence-electron chi connectivity index (χ4n) is 2.13. The molecule has 0 saturated heterocycles. The van der Waals surface area contributed by atoms with E-state index in [2.05, 4.69) is 0 Å². The van der Waals surface area contributed by atoms with Crippen molar-refractivity contribution < 1.29 is 14.3 Å². The third-order valence-corrected chi connectivity index (χ3v) is 2.96. The minimum absolute atomic E-state index is 0.0597. The van der Waals surface area contributed by atoms with E-state index in [0.29, 0.717) is 19.1 Å². The van der Waals surface area contributed by atoms with Crippen molar-refractivity contribution in [3.8, 4) is 0 Å². The molecule has 1 aliphatic carbocycles. The van der Waals surface area contributed by atoms with E-state index < -0.39 is 0 Å². The Kier molecular flexibility index (Phi) is 4.58. The van der Waals surface area contributed by atoms with Crippen molar-refractivity contribution in [3.63, 3.8) is 0 Å². The molecule has 0 aromatic rings. The Hall–Kier alpha value is -0.570. The van der Waals surface area contributed by atoms with Crippen LogP contribution in [0.4, 0.5) is 0 Å². The standard InChI is InChI=1S/C12H22O3/c1-10(2)8-15-11(13)12(9-14-3)6-4-5-7-12/h10H,4-9H2,1-3H3. The van der Waals surface area contributed by atoms with Gasteiger partial charge >= 0.3 is 5.97 Å². The summed E-state index contributed by atoms with van der Waals surface area (Å²) in [7, 11) is 1.65. The van der Waals surface area contributed by atoms with Crippen LogP contribution in [0.15, 0.2) is 0 Å². The third-order valence-electron chi connectivity index (χ3n) is 2.96. The lowest BCUT2D eigenvalue weighted by atomic mass is 9.87. The summed E-state index contributed by atoms with van der Waals surface area (Å²) in [4.78, 5) is 12.0. The predicted octanol–water partition coefficient (Wildman–Crippen LogP) is 2.39. The van der Waals surface area contributed by atoms with Gasteiger partial charge in [0.25, 0.3) is 0 Å². The Labute approximate surface area is 92.1 Å². The molecule has 1 rings (SSSR count). The molecule has 0 aromatic carbocycles. The summed E-state index contributed by atoms with van der Waals surface area (Å²) >= 11 is 0. The van der Waals surface area contributed by atoms with Crippen LogP contribution in [0.5, 0.6) is 0 Å². The summed E-state index contributed by atoms with van der Waals surface area (Å²) in [6.45, 7) is 5.12. The Morgan fingerprint density at radius 3 is 2.40 bits per heavy atom. The van der Waals surface area contributed by atoms with Crippen LogP contribution in [0.3, 0.4) is 0 Å². The van der Waals surface area contributed by atoms with E-state index in [0.717, 1.165) is 25.7 Å². The highest BCUT2D eigenvalue weighted by Crippen LogP contribution is 2.39. The molecule has 1 saturated carbocycles. The van der Waals surface area contributed by atoms with E-state index in [1.807, 2.05) is 13.8 Å². The van der Waals surface area contributed by atoms with Gasteiger partial charge in [0, 0.05) is 7.11 Å². The number of esters is 1. The molecule has 0 bridgehead atoms. The summed E-state index contributed by atoms with van der Waals surface area (Å²) < 4.78 is 10.5. The van der Waals surface area contributed by atoms with Gasteiger partial charge in [-0.25, -0.2) is 0 Å². The zero-order valence-corrected chi connectivity index (χ0v) is 10.0. The third kappa shape index (κ3) is 3.20. The molecule has 0 aliphatic heterocycles. The minimum atomic E-state index is -0.344. The Bertz CT molecular complexity index is 205. The molecule has 0 unspecified atom stereocenters. The van der Waals surface area contributed by atoms with Crippen molar-refractivity contribution in [2.45, 2.75) is 39.5 Å². The van der Waals surface area contributed by atoms with Crippen molar-refractivity contribution in [2.24, 2.45) is 11.3 Å². The van der Waals surface area contributed by atoms with Crippen LogP contribution in [0.1, 0.15) is 39.5 Å². The second-order valence-corrected chi connectivity index (χ2v) is 4.91. The zero-order valence-electron chi connectivity index (χ0n) is 10.0. The lowest BCUT2D eigenvalue weighted by Crippen LogP contribution is -2.35. The smallest absolute Gasteiger partial charge is 0.314 e. The molecule has 3 heteroatoms. The molecule has 0 radical (unpaired) electrons. The van der Waals surface area contributed by atoms with Crippen molar-refractivity contribution in [2.75, 3.05) is 20.3 Å². The number of hydrogen-bond acceptors (Lipinski definition) is 3. The lowest BCUT2D eigenvalue weighted by Gasteiger charge is -2.25. The van der Waals surface area contributed by atoms with Crippen LogP contribution < -0.4 is 0 Å². The molecule has 1 fully saturated rings. The SMILES string of the molecule is COCC1(C(=O)OCC(C)C)CCCC1. The van der Waals surface area contributed by atoms with Crippen LogP contribution in [0, 0.1) is 11.3 Å². The van der Waals surface area contributed by atoms with Gasteiger partial charge in [-0.3, -0.25) is 4.79 Å². The van der Waals surface area contributed by atoms with Gasteiger partial charge in [-0.1, -0.05) is 26.7 Å². The van der Waals surface area contributed by atoms with Crippen molar-refractivity contribution >= 4 is 5.97 Å². The maximum absolute atomic E-state index is 12.0. The highest BCUT2D eigenvalue weighted by Gasteiger charge is 2.42. The monoisotopic (exact) mass is 214 g/mol. The lowest BCUT2D eigenvalue weighted by molar-refractivity contribution is -0.160. The number of carbonyl (C=O) groups excluding carboxylic acids is 1. The van der Waals surface area contributed by atoms with Gasteiger partial charge in [0.05, 0.1) is 18.6 Å². The van der Waals surface area contributed by atoms with Crippen LogP contribution in [-0.2, 0) is 14.3 Å². The molecule has 0 N–H and O–H groups in total. The van der Waals surface area contributed by atoms with E-state index in [1.54, 1.807) is 7.11 Å². The Balaban J connectivity index is 2.51. The van der Waals surface area contributed by atoms with E-state index in [9.17, 15) is 4.79 Å². The molecule has 3 nitrogen and oxygen atoms in total. The van der Waals surface area contributed by atoms with Crippen molar-refractivity contribution in [3.05, 3.63) is 0 Å². The quantitative estimate of drug-likeness (QED) is 0.659. The van der Waals surface area contributed by atoms with Crippen LogP contribution >= 0.6 is 0 Å². The topological polar surface area (TPSA) is 35.5 Å². The minimum Gasteiger partial charge on any atom is -0.465 e. The summed E-state index contributed by atoms with van der Waals surface area (Å²) in [5.41, 5.74) is -0.344. The summed E-state index contributed by atoms with van der Waals surface area (Å²) in [6.07, 6.45) is 4.05. The second kappa shape index (κ2) is 5.50. The summed E-state index contributed by atoms with van der Waals surface area (Å²) in [6, 6.07) is 0. The predicted molar refractivity (Wildman–Crippen MR) is 58.6 cm³/mol. The molecule has 0 amide bonds. The maximum atomic E-state index is 12.0. The molecular weight excluding hydrogens is 192 g/mol. The summed E-state index contributed by atoms with van der Waals surface area (Å²) in [5, 5.41) is 0. The molecule has 88 valence electrons. The van der Waals surface area contributed by atoms with Gasteiger partial charge in [-0.05, 0) is 18.8 Å². The van der Waals surface area contributed by atoms with Gasteiger partial charge in [0.15, 0.2) is 0 Å². The van der Waals surface area contributed by atoms with Gasteiger partial charge < -0.3 is 9.47 Å².